The Bertz CT molecular complexity index is 1010. The molecular formula is C22H21N3O6. The molecule has 0 aromatic heterocycles. The van der Waals surface area contributed by atoms with Gasteiger partial charge in [0.25, 0.3) is 5.69 Å². The summed E-state index contributed by atoms with van der Waals surface area (Å²) in [6, 6.07) is 11.8. The summed E-state index contributed by atoms with van der Waals surface area (Å²) in [4.78, 5) is 47.4. The van der Waals surface area contributed by atoms with Crippen LogP contribution in [0.2, 0.25) is 0 Å². The molecule has 9 nitrogen and oxygen atoms in total. The van der Waals surface area contributed by atoms with Crippen LogP contribution in [0.3, 0.4) is 0 Å². The number of nitrogens with one attached hydrogen (secondary N) is 2. The van der Waals surface area contributed by atoms with Crippen molar-refractivity contribution in [3.05, 3.63) is 76.4 Å². The van der Waals surface area contributed by atoms with Crippen LogP contribution in [0.25, 0.3) is 0 Å². The van der Waals surface area contributed by atoms with E-state index in [2.05, 4.69) is 15.4 Å². The van der Waals surface area contributed by atoms with Gasteiger partial charge in [-0.1, -0.05) is 12.2 Å². The molecule has 0 aliphatic heterocycles. The molecule has 2 unspecified atom stereocenters. The van der Waals surface area contributed by atoms with Crippen LogP contribution in [-0.4, -0.2) is 29.8 Å². The van der Waals surface area contributed by atoms with Crippen LogP contribution in [-0.2, 0) is 14.3 Å². The lowest BCUT2D eigenvalue weighted by Gasteiger charge is -2.26. The van der Waals surface area contributed by atoms with Crippen molar-refractivity contribution in [1.82, 2.24) is 0 Å². The second kappa shape index (κ2) is 9.66. The summed E-state index contributed by atoms with van der Waals surface area (Å²) in [6.07, 6.45) is 4.53. The molecule has 0 heterocycles. The number of nitrogens with zero attached hydrogens (tertiary/aromatic N) is 1. The maximum absolute atomic E-state index is 12.8. The number of allylic oxidation sites excluding steroid dienone is 2. The summed E-state index contributed by atoms with van der Waals surface area (Å²) in [5.41, 5.74) is 1.21. The number of non-ortho nitro benzene ring substituents is 1. The summed E-state index contributed by atoms with van der Waals surface area (Å²) in [5.74, 6) is -2.28. The molecule has 31 heavy (non-hydrogen) atoms. The topological polar surface area (TPSA) is 128 Å². The second-order valence-corrected chi connectivity index (χ2v) is 7.01. The number of ether oxygens (including phenoxy) is 1. The van der Waals surface area contributed by atoms with Crippen molar-refractivity contribution in [1.29, 1.82) is 0 Å². The average molecular weight is 423 g/mol. The predicted octanol–water partition coefficient (Wildman–Crippen LogP) is 3.54. The fourth-order valence-electron chi connectivity index (χ4n) is 3.34. The number of carbonyl (C=O) groups is 3. The van der Waals surface area contributed by atoms with Crippen molar-refractivity contribution in [2.45, 2.75) is 12.8 Å². The third kappa shape index (κ3) is 5.33. The van der Waals surface area contributed by atoms with Crippen molar-refractivity contribution < 1.29 is 24.0 Å². The number of carbonyl (C=O) groups excluding carboxylic acids is 3. The van der Waals surface area contributed by atoms with Gasteiger partial charge in [-0.3, -0.25) is 19.7 Å². The Morgan fingerprint density at radius 1 is 0.871 bits per heavy atom. The minimum absolute atomic E-state index is 0.0749. The summed E-state index contributed by atoms with van der Waals surface area (Å²) >= 11 is 0. The zero-order chi connectivity index (χ0) is 22.4. The summed E-state index contributed by atoms with van der Waals surface area (Å²) in [7, 11) is 1.29. The molecule has 160 valence electrons. The SMILES string of the molecule is COC(=O)c1ccc(NC(=O)C2CC=CCC2C(=O)Nc2ccc([N+](=O)[O-])cc2)cc1. The Morgan fingerprint density at radius 2 is 1.32 bits per heavy atom. The van der Waals surface area contributed by atoms with E-state index >= 15 is 0 Å². The highest BCUT2D eigenvalue weighted by Gasteiger charge is 2.34. The van der Waals surface area contributed by atoms with Crippen molar-refractivity contribution >= 4 is 34.8 Å². The second-order valence-electron chi connectivity index (χ2n) is 7.01. The highest BCUT2D eigenvalue weighted by atomic mass is 16.6. The van der Waals surface area contributed by atoms with Crippen LogP contribution >= 0.6 is 0 Å². The summed E-state index contributed by atoms with van der Waals surface area (Å²) in [6.45, 7) is 0. The van der Waals surface area contributed by atoms with E-state index in [-0.39, 0.29) is 17.5 Å². The lowest BCUT2D eigenvalue weighted by Crippen LogP contribution is -2.37. The van der Waals surface area contributed by atoms with E-state index in [1.54, 1.807) is 24.3 Å². The third-order valence-electron chi connectivity index (χ3n) is 5.03. The molecule has 2 amide bonds. The molecule has 1 aliphatic rings. The Kier molecular flexibility index (Phi) is 6.76. The minimum atomic E-state index is -0.588. The number of esters is 1. The van der Waals surface area contributed by atoms with Gasteiger partial charge in [-0.15, -0.1) is 0 Å². The largest absolute Gasteiger partial charge is 0.465 e. The Morgan fingerprint density at radius 3 is 1.74 bits per heavy atom. The van der Waals surface area contributed by atoms with Gasteiger partial charge in [-0.25, -0.2) is 4.79 Å². The molecular weight excluding hydrogens is 402 g/mol. The van der Waals surface area contributed by atoms with Crippen LogP contribution in [0.15, 0.2) is 60.7 Å². The zero-order valence-electron chi connectivity index (χ0n) is 16.7. The van der Waals surface area contributed by atoms with Crippen molar-refractivity contribution in [2.24, 2.45) is 11.8 Å². The van der Waals surface area contributed by atoms with Crippen molar-refractivity contribution in [3.8, 4) is 0 Å². The Labute approximate surface area is 178 Å². The summed E-state index contributed by atoms with van der Waals surface area (Å²) in [5, 5.41) is 16.3. The quantitative estimate of drug-likeness (QED) is 0.317. The van der Waals surface area contributed by atoms with Crippen LogP contribution < -0.4 is 10.6 Å². The van der Waals surface area contributed by atoms with Crippen LogP contribution in [0, 0.1) is 22.0 Å². The molecule has 0 bridgehead atoms. The molecule has 2 atom stereocenters. The highest BCUT2D eigenvalue weighted by molar-refractivity contribution is 6.00. The fourth-order valence-corrected chi connectivity index (χ4v) is 3.34. The van der Waals surface area contributed by atoms with Gasteiger partial charge >= 0.3 is 5.97 Å². The van der Waals surface area contributed by atoms with Crippen LogP contribution in [0.5, 0.6) is 0 Å². The molecule has 2 aromatic rings. The molecule has 0 saturated heterocycles. The Hall–Kier alpha value is -4.01. The van der Waals surface area contributed by atoms with E-state index in [0.717, 1.165) is 0 Å². The molecule has 0 spiro atoms. The summed E-state index contributed by atoms with van der Waals surface area (Å²) < 4.78 is 4.65. The molecule has 9 heteroatoms. The normalized spacial score (nSPS) is 17.5. The highest BCUT2D eigenvalue weighted by Crippen LogP contribution is 2.29. The standard InChI is InChI=1S/C22H21N3O6/c1-31-22(28)14-6-8-15(9-7-14)23-20(26)18-4-2-3-5-19(18)21(27)24-16-10-12-17(13-11-16)25(29)30/h2-3,6-13,18-19H,4-5H2,1H3,(H,23,26)(H,24,27). The van der Waals surface area contributed by atoms with Gasteiger partial charge in [0.15, 0.2) is 0 Å². The maximum Gasteiger partial charge on any atom is 0.337 e. The van der Waals surface area contributed by atoms with Crippen LogP contribution in [0.4, 0.5) is 17.1 Å². The van der Waals surface area contributed by atoms with E-state index in [1.807, 2.05) is 12.2 Å². The van der Waals surface area contributed by atoms with E-state index in [9.17, 15) is 24.5 Å². The van der Waals surface area contributed by atoms with Gasteiger partial charge in [0.1, 0.15) is 0 Å². The third-order valence-corrected chi connectivity index (χ3v) is 5.03. The monoisotopic (exact) mass is 423 g/mol. The number of anilines is 2. The van der Waals surface area contributed by atoms with Gasteiger partial charge in [0.2, 0.25) is 11.8 Å². The number of methoxy groups -OCH3 is 1. The predicted molar refractivity (Wildman–Crippen MR) is 113 cm³/mol. The van der Waals surface area contributed by atoms with Crippen molar-refractivity contribution in [3.63, 3.8) is 0 Å². The van der Waals surface area contributed by atoms with Crippen molar-refractivity contribution in [2.75, 3.05) is 17.7 Å². The number of nitro groups is 1. The smallest absolute Gasteiger partial charge is 0.337 e. The number of hydrogen-bond acceptors (Lipinski definition) is 6. The van der Waals surface area contributed by atoms with Gasteiger partial charge in [0, 0.05) is 23.5 Å². The minimum Gasteiger partial charge on any atom is -0.465 e. The van der Waals surface area contributed by atoms with E-state index in [1.165, 1.54) is 31.4 Å². The molecule has 0 radical (unpaired) electrons. The zero-order valence-corrected chi connectivity index (χ0v) is 16.7. The molecule has 0 fully saturated rings. The van der Waals surface area contributed by atoms with E-state index < -0.39 is 22.7 Å². The number of hydrogen-bond donors (Lipinski definition) is 2. The van der Waals surface area contributed by atoms with Crippen LogP contribution in [0.1, 0.15) is 23.2 Å². The first-order valence-electron chi connectivity index (χ1n) is 9.58. The first kappa shape index (κ1) is 21.7. The van der Waals surface area contributed by atoms with Gasteiger partial charge in [-0.2, -0.15) is 0 Å². The molecule has 0 saturated carbocycles. The lowest BCUT2D eigenvalue weighted by atomic mass is 9.81. The first-order chi connectivity index (χ1) is 14.9. The molecule has 2 N–H and O–H groups in total. The lowest BCUT2D eigenvalue weighted by molar-refractivity contribution is -0.384. The molecule has 1 aliphatic carbocycles. The molecule has 2 aromatic carbocycles. The Balaban J connectivity index is 1.67. The van der Waals surface area contributed by atoms with Gasteiger partial charge in [-0.05, 0) is 49.2 Å². The van der Waals surface area contributed by atoms with Gasteiger partial charge < -0.3 is 15.4 Å². The molecule has 3 rings (SSSR count). The van der Waals surface area contributed by atoms with Gasteiger partial charge in [0.05, 0.1) is 29.4 Å². The number of amides is 2. The number of benzene rings is 2. The number of nitro benzene ring substituents is 1. The fraction of sp³-hybridized carbons (Fsp3) is 0.227. The average Bonchev–Trinajstić information content (AvgIpc) is 2.79. The van der Waals surface area contributed by atoms with E-state index in [0.29, 0.717) is 29.8 Å². The first-order valence-corrected chi connectivity index (χ1v) is 9.58. The number of rotatable bonds is 6. The maximum atomic E-state index is 12.8. The van der Waals surface area contributed by atoms with E-state index in [4.69, 9.17) is 0 Å².